The van der Waals surface area contributed by atoms with Crippen molar-refractivity contribution >= 4 is 46.2 Å². The van der Waals surface area contributed by atoms with Crippen LogP contribution in [-0.4, -0.2) is 27.6 Å². The SMILES string of the molecule is Cc1cc2nc(-c3[c-]ccc4c3oc3ccccc34)n(-c3c(C(C)C)cccc3C(C)C)c2c(C)n1.[2H]C([2H])([2H])c1c[c-]c(-c2ccc([Si](C)(C)C)cn2)cc1.[Ir]. The second-order valence-electron chi connectivity index (χ2n) is 15.4. The Hall–Kier alpha value is -4.68. The van der Waals surface area contributed by atoms with Gasteiger partial charge in [0.25, 0.3) is 0 Å². The molecule has 1 radical (unpaired) electrons. The molecule has 4 heterocycles. The van der Waals surface area contributed by atoms with E-state index in [2.05, 4.69) is 124 Å². The third-order valence-corrected chi connectivity index (χ3v) is 11.8. The van der Waals surface area contributed by atoms with Crippen molar-refractivity contribution in [3.63, 3.8) is 0 Å². The van der Waals surface area contributed by atoms with Crippen LogP contribution in [-0.2, 0) is 20.1 Å². The summed E-state index contributed by atoms with van der Waals surface area (Å²) >= 11 is 0. The minimum atomic E-state index is -2.08. The summed E-state index contributed by atoms with van der Waals surface area (Å²) in [5.74, 6) is 1.52. The number of pyridine rings is 2. The fourth-order valence-corrected chi connectivity index (χ4v) is 8.06. The minimum Gasteiger partial charge on any atom is -0.501 e. The number of fused-ring (bicyclic) bond motifs is 4. The first-order valence-electron chi connectivity index (χ1n) is 19.8. The Morgan fingerprint density at radius 1 is 0.815 bits per heavy atom. The molecule has 0 fully saturated rings. The molecule has 0 atom stereocenters. The van der Waals surface area contributed by atoms with Crippen LogP contribution >= 0.6 is 0 Å². The van der Waals surface area contributed by atoms with Gasteiger partial charge in [-0.15, -0.1) is 53.6 Å². The smallest absolute Gasteiger partial charge is 0.120 e. The summed E-state index contributed by atoms with van der Waals surface area (Å²) in [4.78, 5) is 14.6. The molecule has 4 aromatic heterocycles. The van der Waals surface area contributed by atoms with Gasteiger partial charge in [-0.2, -0.15) is 0 Å². The van der Waals surface area contributed by atoms with E-state index in [0.717, 1.165) is 67.0 Å². The largest absolute Gasteiger partial charge is 0.501 e. The fraction of sp³-hybridized carbons (Fsp3) is 0.255. The molecule has 0 saturated heterocycles. The first-order chi connectivity index (χ1) is 26.5. The van der Waals surface area contributed by atoms with Crippen molar-refractivity contribution in [3.8, 4) is 28.3 Å². The quantitative estimate of drug-likeness (QED) is 0.123. The molecule has 277 valence electrons. The zero-order chi connectivity index (χ0) is 40.1. The van der Waals surface area contributed by atoms with E-state index in [1.54, 1.807) is 12.1 Å². The van der Waals surface area contributed by atoms with Crippen LogP contribution in [0.2, 0.25) is 19.6 Å². The van der Waals surface area contributed by atoms with Crippen LogP contribution in [0.3, 0.4) is 0 Å². The van der Waals surface area contributed by atoms with E-state index < -0.39 is 14.9 Å². The molecule has 0 aliphatic rings. The number of nitrogens with zero attached hydrogens (tertiary/aromatic N) is 4. The Bertz CT molecular complexity index is 2610. The summed E-state index contributed by atoms with van der Waals surface area (Å²) in [6, 6.07) is 36.5. The summed E-state index contributed by atoms with van der Waals surface area (Å²) in [5.41, 5.74) is 12.2. The topological polar surface area (TPSA) is 56.7 Å². The molecule has 0 spiro atoms. The third kappa shape index (κ3) is 7.50. The van der Waals surface area contributed by atoms with Crippen molar-refractivity contribution in [2.24, 2.45) is 0 Å². The predicted molar refractivity (Wildman–Crippen MR) is 224 cm³/mol. The summed E-state index contributed by atoms with van der Waals surface area (Å²) in [6.07, 6.45) is 1.92. The first kappa shape index (κ1) is 35.0. The van der Waals surface area contributed by atoms with E-state index >= 15 is 0 Å². The van der Waals surface area contributed by atoms with Gasteiger partial charge in [0.05, 0.1) is 36.2 Å². The number of hydrogen-bond donors (Lipinski definition) is 0. The van der Waals surface area contributed by atoms with Crippen LogP contribution in [0, 0.1) is 32.8 Å². The molecule has 4 aromatic carbocycles. The van der Waals surface area contributed by atoms with Gasteiger partial charge in [0.1, 0.15) is 5.58 Å². The molecule has 54 heavy (non-hydrogen) atoms. The molecule has 0 amide bonds. The Kier molecular flexibility index (Phi) is 10.1. The number of aryl methyl sites for hydroxylation is 3. The molecular formula is C47H48IrN4OSi-2. The number of imidazole rings is 1. The molecule has 0 bridgehead atoms. The van der Waals surface area contributed by atoms with Crippen molar-refractivity contribution in [1.82, 2.24) is 19.5 Å². The van der Waals surface area contributed by atoms with Gasteiger partial charge < -0.3 is 14.0 Å². The Labute approximate surface area is 338 Å². The van der Waals surface area contributed by atoms with Crippen molar-refractivity contribution in [1.29, 1.82) is 0 Å². The van der Waals surface area contributed by atoms with Crippen molar-refractivity contribution in [3.05, 3.63) is 137 Å². The van der Waals surface area contributed by atoms with Gasteiger partial charge in [-0.1, -0.05) is 114 Å². The normalized spacial score (nSPS) is 12.8. The molecule has 5 nitrogen and oxygen atoms in total. The van der Waals surface area contributed by atoms with Crippen molar-refractivity contribution < 1.29 is 28.6 Å². The number of benzene rings is 4. The van der Waals surface area contributed by atoms with E-state index in [1.807, 2.05) is 37.4 Å². The van der Waals surface area contributed by atoms with Crippen molar-refractivity contribution in [2.45, 2.75) is 79.9 Å². The molecule has 0 unspecified atom stereocenters. The van der Waals surface area contributed by atoms with Gasteiger partial charge in [0, 0.05) is 47.2 Å². The van der Waals surface area contributed by atoms with Crippen LogP contribution in [0.15, 0.2) is 102 Å². The van der Waals surface area contributed by atoms with E-state index in [0.29, 0.717) is 17.4 Å². The third-order valence-electron chi connectivity index (χ3n) is 9.78. The molecular weight excluding hydrogens is 857 g/mol. The van der Waals surface area contributed by atoms with Crippen molar-refractivity contribution in [2.75, 3.05) is 0 Å². The molecule has 0 aliphatic heterocycles. The maximum atomic E-state index is 7.35. The standard InChI is InChI=1S/C32H30N3O.C15H18NSi.Ir/c1-18(2)22-12-9-13-23(19(3)4)30(22)35-29-21(6)33-20(5)17-27(29)34-32(35)26-15-10-14-25-24-11-7-8-16-28(24)36-31(25)26;1-12-5-7-13(8-6-12)15-10-9-14(11-16-15)17(2,3)4;/h7-14,16-19H,1-6H3;5-7,9-11H,1-4H3;/q2*-1;/i;1D3;. The molecule has 0 N–H and O–H groups in total. The van der Waals surface area contributed by atoms with E-state index in [-0.39, 0.29) is 20.1 Å². The van der Waals surface area contributed by atoms with Crippen LogP contribution in [0.5, 0.6) is 0 Å². The van der Waals surface area contributed by atoms with Crippen LogP contribution in [0.25, 0.3) is 61.3 Å². The van der Waals surface area contributed by atoms with Gasteiger partial charge in [-0.05, 0) is 59.8 Å². The maximum Gasteiger partial charge on any atom is 0.120 e. The van der Waals surface area contributed by atoms with E-state index in [4.69, 9.17) is 18.5 Å². The monoisotopic (exact) mass is 908 g/mol. The van der Waals surface area contributed by atoms with E-state index in [9.17, 15) is 0 Å². The van der Waals surface area contributed by atoms with Gasteiger partial charge in [0.2, 0.25) is 0 Å². The summed E-state index contributed by atoms with van der Waals surface area (Å²) in [6.45, 7) is 17.9. The van der Waals surface area contributed by atoms with Crippen LogP contribution < -0.4 is 5.19 Å². The van der Waals surface area contributed by atoms with Gasteiger partial charge in [-0.3, -0.25) is 9.97 Å². The minimum absolute atomic E-state index is 0. The fourth-order valence-electron chi connectivity index (χ4n) is 7.03. The number of aromatic nitrogens is 4. The molecule has 7 heteroatoms. The summed E-state index contributed by atoms with van der Waals surface area (Å²) in [7, 11) is -1.34. The molecule has 0 saturated carbocycles. The predicted octanol–water partition coefficient (Wildman–Crippen LogP) is 12.1. The zero-order valence-electron chi connectivity index (χ0n) is 35.4. The van der Waals surface area contributed by atoms with E-state index in [1.165, 1.54) is 28.1 Å². The Morgan fingerprint density at radius 3 is 2.19 bits per heavy atom. The second kappa shape index (κ2) is 15.6. The zero-order valence-corrected chi connectivity index (χ0v) is 35.8. The maximum absolute atomic E-state index is 7.35. The average molecular weight is 908 g/mol. The molecule has 8 aromatic rings. The first-order valence-corrected chi connectivity index (χ1v) is 21.8. The van der Waals surface area contributed by atoms with Crippen LogP contribution in [0.1, 0.15) is 71.7 Å². The average Bonchev–Trinajstić information content (AvgIpc) is 3.73. The number of furan rings is 1. The second-order valence-corrected chi connectivity index (χ2v) is 20.5. The van der Waals surface area contributed by atoms with Gasteiger partial charge >= 0.3 is 0 Å². The van der Waals surface area contributed by atoms with Gasteiger partial charge in [-0.25, -0.2) is 0 Å². The summed E-state index contributed by atoms with van der Waals surface area (Å²) < 4.78 is 30.8. The molecule has 0 aliphatic carbocycles. The number of hydrogen-bond acceptors (Lipinski definition) is 4. The molecule has 8 rings (SSSR count). The van der Waals surface area contributed by atoms with Gasteiger partial charge in [0.15, 0.2) is 0 Å². The summed E-state index contributed by atoms with van der Waals surface area (Å²) in [5, 5.41) is 3.48. The number of para-hydroxylation sites is 2. The Balaban J connectivity index is 0.000000223. The Morgan fingerprint density at radius 2 is 1.56 bits per heavy atom. The van der Waals surface area contributed by atoms with Crippen LogP contribution in [0.4, 0.5) is 0 Å². The number of rotatable bonds is 6.